The van der Waals surface area contributed by atoms with Crippen LogP contribution in [0.1, 0.15) is 16.7 Å². The molecule has 5 heteroatoms. The number of hydrogen-bond donors (Lipinski definition) is 2. The zero-order valence-electron chi connectivity index (χ0n) is 11.6. The lowest BCUT2D eigenvalue weighted by molar-refractivity contribution is 0.600. The highest BCUT2D eigenvalue weighted by Crippen LogP contribution is 2.20. The molecular formula is C15H18N2O2S. The Kier molecular flexibility index (Phi) is 3.99. The summed E-state index contributed by atoms with van der Waals surface area (Å²) in [6.07, 6.45) is 0. The van der Waals surface area contributed by atoms with Crippen molar-refractivity contribution in [2.24, 2.45) is 0 Å². The van der Waals surface area contributed by atoms with Crippen LogP contribution in [0.25, 0.3) is 0 Å². The molecule has 0 aliphatic heterocycles. The summed E-state index contributed by atoms with van der Waals surface area (Å²) in [5, 5.41) is 0. The monoisotopic (exact) mass is 290 g/mol. The predicted molar refractivity (Wildman–Crippen MR) is 83.0 cm³/mol. The molecule has 2 aromatic rings. The van der Waals surface area contributed by atoms with Gasteiger partial charge >= 0.3 is 0 Å². The van der Waals surface area contributed by atoms with E-state index in [-0.39, 0.29) is 5.75 Å². The van der Waals surface area contributed by atoms with Crippen molar-refractivity contribution in [3.05, 3.63) is 59.2 Å². The number of nitrogens with two attached hydrogens (primary N) is 1. The highest BCUT2D eigenvalue weighted by molar-refractivity contribution is 7.91. The summed E-state index contributed by atoms with van der Waals surface area (Å²) in [7, 11) is -3.48. The van der Waals surface area contributed by atoms with Crippen molar-refractivity contribution in [1.29, 1.82) is 0 Å². The van der Waals surface area contributed by atoms with Gasteiger partial charge in [-0.3, -0.25) is 4.72 Å². The number of anilines is 2. The molecule has 0 saturated carbocycles. The molecule has 0 spiro atoms. The lowest BCUT2D eigenvalue weighted by atomic mass is 10.1. The predicted octanol–water partition coefficient (Wildman–Crippen LogP) is 2.83. The molecule has 0 radical (unpaired) electrons. The summed E-state index contributed by atoms with van der Waals surface area (Å²) < 4.78 is 27.1. The topological polar surface area (TPSA) is 72.2 Å². The van der Waals surface area contributed by atoms with E-state index in [1.165, 1.54) is 0 Å². The number of nitrogen functional groups attached to an aromatic ring is 1. The maximum Gasteiger partial charge on any atom is 0.237 e. The van der Waals surface area contributed by atoms with Crippen LogP contribution in [0.5, 0.6) is 0 Å². The largest absolute Gasteiger partial charge is 0.398 e. The molecule has 0 fully saturated rings. The quantitative estimate of drug-likeness (QED) is 0.850. The van der Waals surface area contributed by atoms with Gasteiger partial charge in [-0.15, -0.1) is 0 Å². The van der Waals surface area contributed by atoms with Crippen LogP contribution in [-0.4, -0.2) is 8.42 Å². The maximum absolute atomic E-state index is 12.2. The Morgan fingerprint density at radius 1 is 1.10 bits per heavy atom. The summed E-state index contributed by atoms with van der Waals surface area (Å²) in [5.41, 5.74) is 9.38. The Morgan fingerprint density at radius 2 is 1.80 bits per heavy atom. The van der Waals surface area contributed by atoms with E-state index in [2.05, 4.69) is 4.72 Å². The molecule has 0 unspecified atom stereocenters. The van der Waals surface area contributed by atoms with Crippen molar-refractivity contribution in [2.75, 3.05) is 10.5 Å². The van der Waals surface area contributed by atoms with Gasteiger partial charge in [-0.25, -0.2) is 8.42 Å². The average Bonchev–Trinajstić information content (AvgIpc) is 2.36. The molecular weight excluding hydrogens is 272 g/mol. The van der Waals surface area contributed by atoms with Gasteiger partial charge in [0.2, 0.25) is 10.0 Å². The molecule has 20 heavy (non-hydrogen) atoms. The van der Waals surface area contributed by atoms with Gasteiger partial charge in [0.15, 0.2) is 0 Å². The number of para-hydroxylation sites is 1. The third-order valence-corrected chi connectivity index (χ3v) is 4.28. The van der Waals surface area contributed by atoms with E-state index in [4.69, 9.17) is 5.73 Å². The second kappa shape index (κ2) is 5.54. The fourth-order valence-electron chi connectivity index (χ4n) is 1.92. The number of rotatable bonds is 4. The van der Waals surface area contributed by atoms with Crippen LogP contribution in [0.15, 0.2) is 42.5 Å². The van der Waals surface area contributed by atoms with E-state index in [0.29, 0.717) is 16.9 Å². The Labute approximate surface area is 119 Å². The molecule has 2 aromatic carbocycles. The average molecular weight is 290 g/mol. The first-order valence-electron chi connectivity index (χ1n) is 6.28. The molecule has 0 saturated heterocycles. The third kappa shape index (κ3) is 3.51. The van der Waals surface area contributed by atoms with Gasteiger partial charge in [0, 0.05) is 5.69 Å². The molecule has 0 aliphatic rings. The maximum atomic E-state index is 12.2. The minimum Gasteiger partial charge on any atom is -0.398 e. The van der Waals surface area contributed by atoms with Crippen molar-refractivity contribution < 1.29 is 8.42 Å². The molecule has 3 N–H and O–H groups in total. The van der Waals surface area contributed by atoms with Gasteiger partial charge < -0.3 is 5.73 Å². The van der Waals surface area contributed by atoms with Crippen LogP contribution >= 0.6 is 0 Å². The van der Waals surface area contributed by atoms with Gasteiger partial charge in [-0.05, 0) is 42.7 Å². The number of hydrogen-bond acceptors (Lipinski definition) is 3. The SMILES string of the molecule is Cc1ccc(C)c(NS(=O)(=O)Cc2ccccc2N)c1. The first-order valence-corrected chi connectivity index (χ1v) is 7.94. The fraction of sp³-hybridized carbons (Fsp3) is 0.200. The summed E-state index contributed by atoms with van der Waals surface area (Å²) >= 11 is 0. The molecule has 4 nitrogen and oxygen atoms in total. The Balaban J connectivity index is 2.24. The number of sulfonamides is 1. The van der Waals surface area contributed by atoms with Crippen molar-refractivity contribution in [3.63, 3.8) is 0 Å². The molecule has 2 rings (SSSR count). The second-order valence-electron chi connectivity index (χ2n) is 4.88. The Hall–Kier alpha value is -2.01. The highest BCUT2D eigenvalue weighted by Gasteiger charge is 2.14. The third-order valence-electron chi connectivity index (χ3n) is 3.06. The highest BCUT2D eigenvalue weighted by atomic mass is 32.2. The molecule has 0 aliphatic carbocycles. The summed E-state index contributed by atoms with van der Waals surface area (Å²) in [4.78, 5) is 0. The number of benzene rings is 2. The molecule has 106 valence electrons. The minimum absolute atomic E-state index is 0.132. The van der Waals surface area contributed by atoms with Crippen LogP contribution < -0.4 is 10.5 Å². The summed E-state index contributed by atoms with van der Waals surface area (Å²) in [6, 6.07) is 12.6. The van der Waals surface area contributed by atoms with Gasteiger partial charge in [0.1, 0.15) is 0 Å². The first kappa shape index (κ1) is 14.4. The van der Waals surface area contributed by atoms with Crippen molar-refractivity contribution >= 4 is 21.4 Å². The zero-order valence-corrected chi connectivity index (χ0v) is 12.4. The summed E-state index contributed by atoms with van der Waals surface area (Å²) in [6.45, 7) is 3.79. The van der Waals surface area contributed by atoms with Crippen LogP contribution in [0.4, 0.5) is 11.4 Å². The zero-order chi connectivity index (χ0) is 14.8. The van der Waals surface area contributed by atoms with Gasteiger partial charge in [-0.1, -0.05) is 30.3 Å². The Bertz CT molecular complexity index is 724. The van der Waals surface area contributed by atoms with E-state index in [9.17, 15) is 8.42 Å². The van der Waals surface area contributed by atoms with E-state index < -0.39 is 10.0 Å². The molecule has 0 heterocycles. The molecule has 0 atom stereocenters. The van der Waals surface area contributed by atoms with Crippen molar-refractivity contribution in [2.45, 2.75) is 19.6 Å². The van der Waals surface area contributed by atoms with E-state index >= 15 is 0 Å². The van der Waals surface area contributed by atoms with Gasteiger partial charge in [0.25, 0.3) is 0 Å². The lowest BCUT2D eigenvalue weighted by Gasteiger charge is -2.12. The van der Waals surface area contributed by atoms with Crippen LogP contribution in [-0.2, 0) is 15.8 Å². The van der Waals surface area contributed by atoms with Gasteiger partial charge in [-0.2, -0.15) is 0 Å². The van der Waals surface area contributed by atoms with Crippen molar-refractivity contribution in [3.8, 4) is 0 Å². The van der Waals surface area contributed by atoms with Crippen LogP contribution in [0, 0.1) is 13.8 Å². The lowest BCUT2D eigenvalue weighted by Crippen LogP contribution is -2.16. The minimum atomic E-state index is -3.48. The second-order valence-corrected chi connectivity index (χ2v) is 6.60. The Morgan fingerprint density at radius 3 is 2.50 bits per heavy atom. The molecule has 0 bridgehead atoms. The normalized spacial score (nSPS) is 11.3. The van der Waals surface area contributed by atoms with Crippen molar-refractivity contribution in [1.82, 2.24) is 0 Å². The molecule has 0 amide bonds. The number of aryl methyl sites for hydroxylation is 2. The standard InChI is InChI=1S/C15H18N2O2S/c1-11-7-8-12(2)15(9-11)17-20(18,19)10-13-5-3-4-6-14(13)16/h3-9,17H,10,16H2,1-2H3. The first-order chi connectivity index (χ1) is 9.37. The van der Waals surface area contributed by atoms with Crippen LogP contribution in [0.3, 0.4) is 0 Å². The van der Waals surface area contributed by atoms with E-state index in [0.717, 1.165) is 11.1 Å². The van der Waals surface area contributed by atoms with E-state index in [1.54, 1.807) is 24.3 Å². The molecule has 0 aromatic heterocycles. The van der Waals surface area contributed by atoms with E-state index in [1.807, 2.05) is 32.0 Å². The fourth-order valence-corrected chi connectivity index (χ4v) is 3.22. The smallest absolute Gasteiger partial charge is 0.237 e. The van der Waals surface area contributed by atoms with Crippen LogP contribution in [0.2, 0.25) is 0 Å². The number of nitrogens with one attached hydrogen (secondary N) is 1. The van der Waals surface area contributed by atoms with Gasteiger partial charge in [0.05, 0.1) is 11.4 Å². The summed E-state index contributed by atoms with van der Waals surface area (Å²) in [5.74, 6) is -0.132.